The summed E-state index contributed by atoms with van der Waals surface area (Å²) < 4.78 is 26.7. The van der Waals surface area contributed by atoms with Crippen LogP contribution in [0.25, 0.3) is 0 Å². The van der Waals surface area contributed by atoms with Crippen LogP contribution < -0.4 is 5.32 Å². The van der Waals surface area contributed by atoms with Crippen molar-refractivity contribution in [1.82, 2.24) is 0 Å². The summed E-state index contributed by atoms with van der Waals surface area (Å²) in [5.41, 5.74) is 3.81. The SMILES string of the molecule is CCc1cccc(C)c1NC(SCc1ccc(Cl)cc1)=C(C#N)S(=O)(=O)c1ccccc1. The number of halogens is 1. The largest absolute Gasteiger partial charge is 0.348 e. The fourth-order valence-electron chi connectivity index (χ4n) is 3.16. The van der Waals surface area contributed by atoms with Crippen molar-refractivity contribution in [2.24, 2.45) is 0 Å². The van der Waals surface area contributed by atoms with Gasteiger partial charge >= 0.3 is 0 Å². The van der Waals surface area contributed by atoms with Gasteiger partial charge in [0.2, 0.25) is 9.84 Å². The molecule has 0 aliphatic carbocycles. The highest BCUT2D eigenvalue weighted by Crippen LogP contribution is 2.33. The third-order valence-corrected chi connectivity index (χ3v) is 8.08. The summed E-state index contributed by atoms with van der Waals surface area (Å²) in [6, 6.07) is 23.2. The normalized spacial score (nSPS) is 12.1. The number of thioether (sulfide) groups is 1. The zero-order valence-corrected chi connectivity index (χ0v) is 20.2. The molecule has 4 nitrogen and oxygen atoms in total. The van der Waals surface area contributed by atoms with Gasteiger partial charge in [-0.25, -0.2) is 8.42 Å². The molecule has 0 spiro atoms. The van der Waals surface area contributed by atoms with Crippen molar-refractivity contribution < 1.29 is 8.42 Å². The first-order chi connectivity index (χ1) is 15.4. The Hall–Kier alpha value is -2.72. The Bertz CT molecular complexity index is 1260. The Morgan fingerprint density at radius 3 is 2.34 bits per heavy atom. The molecule has 164 valence electrons. The lowest BCUT2D eigenvalue weighted by molar-refractivity contribution is 0.603. The molecule has 0 aliphatic heterocycles. The summed E-state index contributed by atoms with van der Waals surface area (Å²) in [6.45, 7) is 4.00. The molecule has 0 saturated carbocycles. The fraction of sp³-hybridized carbons (Fsp3) is 0.160. The van der Waals surface area contributed by atoms with E-state index in [0.717, 1.165) is 28.8 Å². The Kier molecular flexibility index (Phi) is 8.03. The molecule has 3 aromatic rings. The van der Waals surface area contributed by atoms with Crippen molar-refractivity contribution in [3.8, 4) is 6.07 Å². The highest BCUT2D eigenvalue weighted by atomic mass is 35.5. The quantitative estimate of drug-likeness (QED) is 0.361. The van der Waals surface area contributed by atoms with Gasteiger partial charge in [0, 0.05) is 16.5 Å². The highest BCUT2D eigenvalue weighted by molar-refractivity contribution is 8.04. The lowest BCUT2D eigenvalue weighted by Gasteiger charge is -2.18. The third kappa shape index (κ3) is 5.55. The summed E-state index contributed by atoms with van der Waals surface area (Å²) >= 11 is 7.26. The second-order valence-corrected chi connectivity index (χ2v) is 10.4. The first kappa shape index (κ1) is 23.9. The van der Waals surface area contributed by atoms with Crippen LogP contribution in [0.15, 0.2) is 87.6 Å². The number of para-hydroxylation sites is 1. The monoisotopic (exact) mass is 482 g/mol. The number of hydrogen-bond donors (Lipinski definition) is 1. The maximum Gasteiger partial charge on any atom is 0.219 e. The molecule has 0 aromatic heterocycles. The van der Waals surface area contributed by atoms with Crippen LogP contribution in [0.2, 0.25) is 5.02 Å². The van der Waals surface area contributed by atoms with Gasteiger partial charge in [-0.3, -0.25) is 0 Å². The minimum absolute atomic E-state index is 0.0865. The zero-order valence-electron chi connectivity index (χ0n) is 17.8. The Morgan fingerprint density at radius 1 is 1.03 bits per heavy atom. The Morgan fingerprint density at radius 2 is 1.72 bits per heavy atom. The van der Waals surface area contributed by atoms with E-state index in [9.17, 15) is 13.7 Å². The molecule has 3 aromatic carbocycles. The molecule has 0 amide bonds. The van der Waals surface area contributed by atoms with Crippen molar-refractivity contribution in [3.05, 3.63) is 104 Å². The smallest absolute Gasteiger partial charge is 0.219 e. The van der Waals surface area contributed by atoms with E-state index < -0.39 is 9.84 Å². The van der Waals surface area contributed by atoms with E-state index in [0.29, 0.717) is 15.8 Å². The van der Waals surface area contributed by atoms with Gasteiger partial charge in [-0.05, 0) is 54.3 Å². The average Bonchev–Trinajstić information content (AvgIpc) is 2.80. The molecule has 0 aliphatic rings. The number of allylic oxidation sites excluding steroid dienone is 1. The standard InChI is InChI=1S/C25H23ClN2O2S2/c1-3-20-9-7-8-18(2)24(20)28-25(31-17-19-12-14-21(26)15-13-19)23(16-27)32(29,30)22-10-5-4-6-11-22/h4-15,28H,3,17H2,1-2H3. The fourth-order valence-corrected chi connectivity index (χ4v) is 5.81. The van der Waals surface area contributed by atoms with Crippen molar-refractivity contribution in [2.75, 3.05) is 5.32 Å². The predicted octanol–water partition coefficient (Wildman–Crippen LogP) is 6.72. The van der Waals surface area contributed by atoms with Gasteiger partial charge in [-0.15, -0.1) is 11.8 Å². The lowest BCUT2D eigenvalue weighted by atomic mass is 10.1. The van der Waals surface area contributed by atoms with Crippen LogP contribution in [0.3, 0.4) is 0 Å². The van der Waals surface area contributed by atoms with Crippen LogP contribution in [0.5, 0.6) is 0 Å². The predicted molar refractivity (Wildman–Crippen MR) is 133 cm³/mol. The second-order valence-electron chi connectivity index (χ2n) is 7.09. The van der Waals surface area contributed by atoms with Gasteiger partial charge in [0.05, 0.1) is 4.90 Å². The van der Waals surface area contributed by atoms with Gasteiger partial charge < -0.3 is 5.32 Å². The molecule has 7 heteroatoms. The van der Waals surface area contributed by atoms with E-state index in [1.54, 1.807) is 30.3 Å². The van der Waals surface area contributed by atoms with Gasteiger partial charge in [0.15, 0.2) is 4.91 Å². The molecular weight excluding hydrogens is 460 g/mol. The van der Waals surface area contributed by atoms with Crippen molar-refractivity contribution in [3.63, 3.8) is 0 Å². The number of rotatable bonds is 8. The molecule has 0 unspecified atom stereocenters. The number of anilines is 1. The summed E-state index contributed by atoms with van der Waals surface area (Å²) in [6.07, 6.45) is 0.770. The number of nitriles is 1. The van der Waals surface area contributed by atoms with E-state index >= 15 is 0 Å². The van der Waals surface area contributed by atoms with Gasteiger partial charge in [0.25, 0.3) is 0 Å². The molecule has 0 bridgehead atoms. The van der Waals surface area contributed by atoms with E-state index in [-0.39, 0.29) is 9.80 Å². The average molecular weight is 483 g/mol. The minimum atomic E-state index is -4.00. The number of benzene rings is 3. The first-order valence-electron chi connectivity index (χ1n) is 10.0. The topological polar surface area (TPSA) is 70.0 Å². The number of aryl methyl sites for hydroxylation is 2. The van der Waals surface area contributed by atoms with Crippen LogP contribution in [-0.4, -0.2) is 8.42 Å². The maximum atomic E-state index is 13.3. The molecule has 0 fully saturated rings. The highest BCUT2D eigenvalue weighted by Gasteiger charge is 2.26. The lowest BCUT2D eigenvalue weighted by Crippen LogP contribution is -2.11. The molecule has 1 N–H and O–H groups in total. The second kappa shape index (κ2) is 10.7. The molecule has 0 atom stereocenters. The molecular formula is C25H23ClN2O2S2. The summed E-state index contributed by atoms with van der Waals surface area (Å²) in [4.78, 5) is -0.212. The van der Waals surface area contributed by atoms with Gasteiger partial charge in [0.1, 0.15) is 11.1 Å². The zero-order chi connectivity index (χ0) is 23.1. The van der Waals surface area contributed by atoms with E-state index in [2.05, 4.69) is 5.32 Å². The van der Waals surface area contributed by atoms with Crippen LogP contribution in [0, 0.1) is 18.3 Å². The van der Waals surface area contributed by atoms with Crippen LogP contribution in [0.1, 0.15) is 23.6 Å². The maximum absolute atomic E-state index is 13.3. The van der Waals surface area contributed by atoms with Crippen LogP contribution in [-0.2, 0) is 22.0 Å². The minimum Gasteiger partial charge on any atom is -0.348 e. The van der Waals surface area contributed by atoms with Crippen LogP contribution in [0.4, 0.5) is 5.69 Å². The van der Waals surface area contributed by atoms with Crippen molar-refractivity contribution in [1.29, 1.82) is 5.26 Å². The van der Waals surface area contributed by atoms with E-state index in [1.807, 2.05) is 50.2 Å². The van der Waals surface area contributed by atoms with Gasteiger partial charge in [-0.1, -0.05) is 67.1 Å². The van der Waals surface area contributed by atoms with Crippen molar-refractivity contribution >= 4 is 38.9 Å². The molecule has 0 radical (unpaired) electrons. The third-order valence-electron chi connectivity index (χ3n) is 4.90. The van der Waals surface area contributed by atoms with Crippen molar-refractivity contribution in [2.45, 2.75) is 30.9 Å². The first-order valence-corrected chi connectivity index (χ1v) is 12.9. The van der Waals surface area contributed by atoms with Crippen LogP contribution >= 0.6 is 23.4 Å². The Labute approximate surface area is 198 Å². The number of sulfone groups is 1. The molecule has 32 heavy (non-hydrogen) atoms. The van der Waals surface area contributed by atoms with E-state index in [1.165, 1.54) is 23.9 Å². The number of nitrogens with one attached hydrogen (secondary N) is 1. The summed E-state index contributed by atoms with van der Waals surface area (Å²) in [5.74, 6) is 0.475. The van der Waals surface area contributed by atoms with Gasteiger partial charge in [-0.2, -0.15) is 5.26 Å². The summed E-state index contributed by atoms with van der Waals surface area (Å²) in [5, 5.41) is 14.2. The molecule has 3 rings (SSSR count). The molecule has 0 heterocycles. The van der Waals surface area contributed by atoms with E-state index in [4.69, 9.17) is 11.6 Å². The number of nitrogens with zero attached hydrogens (tertiary/aromatic N) is 1. The molecule has 0 saturated heterocycles. The summed E-state index contributed by atoms with van der Waals surface area (Å²) in [7, 11) is -4.00. The number of hydrogen-bond acceptors (Lipinski definition) is 5. The Balaban J connectivity index is 2.10.